The first kappa shape index (κ1) is 10.2. The Morgan fingerprint density at radius 1 is 1.20 bits per heavy atom. The van der Waals surface area contributed by atoms with Gasteiger partial charge < -0.3 is 11.5 Å². The summed E-state index contributed by atoms with van der Waals surface area (Å²) in [5.41, 5.74) is 11.3. The summed E-state index contributed by atoms with van der Waals surface area (Å²) in [4.78, 5) is 0. The highest BCUT2D eigenvalue weighted by atomic mass is 35.5. The van der Waals surface area contributed by atoms with Crippen LogP contribution in [0.25, 0.3) is 0 Å². The van der Waals surface area contributed by atoms with Crippen LogP contribution in [-0.4, -0.2) is 12.6 Å². The maximum Gasteiger partial charge on any atom is 0.00792 e. The Bertz CT molecular complexity index is 87.7. The molecule has 10 heavy (non-hydrogen) atoms. The minimum Gasteiger partial charge on any atom is -0.330 e. The third kappa shape index (κ3) is 2.45. The van der Waals surface area contributed by atoms with Gasteiger partial charge in [0.15, 0.2) is 0 Å². The molecule has 62 valence electrons. The highest BCUT2D eigenvalue weighted by Gasteiger charge is 2.19. The number of halogens is 1. The van der Waals surface area contributed by atoms with E-state index in [2.05, 4.69) is 0 Å². The first-order chi connectivity index (χ1) is 4.34. The van der Waals surface area contributed by atoms with Crippen LogP contribution in [-0.2, 0) is 0 Å². The average Bonchev–Trinajstić information content (AvgIpc) is 1.89. The van der Waals surface area contributed by atoms with Crippen molar-refractivity contribution in [3.05, 3.63) is 0 Å². The summed E-state index contributed by atoms with van der Waals surface area (Å²) in [6.45, 7) is 0.779. The van der Waals surface area contributed by atoms with Crippen molar-refractivity contribution >= 4 is 12.4 Å². The largest absolute Gasteiger partial charge is 0.330 e. The van der Waals surface area contributed by atoms with Crippen molar-refractivity contribution in [2.75, 3.05) is 6.54 Å². The van der Waals surface area contributed by atoms with Gasteiger partial charge in [0, 0.05) is 6.04 Å². The van der Waals surface area contributed by atoms with Crippen LogP contribution in [0.4, 0.5) is 0 Å². The van der Waals surface area contributed by atoms with Crippen LogP contribution >= 0.6 is 12.4 Å². The molecule has 0 unspecified atom stereocenters. The van der Waals surface area contributed by atoms with Crippen molar-refractivity contribution in [1.29, 1.82) is 0 Å². The number of rotatable bonds is 1. The van der Waals surface area contributed by atoms with Crippen molar-refractivity contribution < 1.29 is 0 Å². The standard InChI is InChI=1S/C7H16N2.ClH/c8-5-6-3-1-2-4-7(6)9;/h6-7H,1-5,8-9H2;1H/t6-,7-;/m1./s1. The molecule has 0 radical (unpaired) electrons. The lowest BCUT2D eigenvalue weighted by molar-refractivity contribution is 0.315. The van der Waals surface area contributed by atoms with Crippen LogP contribution < -0.4 is 11.5 Å². The van der Waals surface area contributed by atoms with Gasteiger partial charge in [-0.25, -0.2) is 0 Å². The lowest BCUT2D eigenvalue weighted by Crippen LogP contribution is -2.37. The molecule has 1 rings (SSSR count). The summed E-state index contributed by atoms with van der Waals surface area (Å²) in [5.74, 6) is 0.610. The first-order valence-electron chi connectivity index (χ1n) is 3.80. The van der Waals surface area contributed by atoms with Crippen molar-refractivity contribution in [2.24, 2.45) is 17.4 Å². The molecule has 0 aromatic rings. The molecule has 0 heterocycles. The molecular weight excluding hydrogens is 148 g/mol. The highest BCUT2D eigenvalue weighted by Crippen LogP contribution is 2.21. The topological polar surface area (TPSA) is 52.0 Å². The lowest BCUT2D eigenvalue weighted by atomic mass is 9.85. The van der Waals surface area contributed by atoms with Crippen molar-refractivity contribution in [3.8, 4) is 0 Å². The van der Waals surface area contributed by atoms with E-state index >= 15 is 0 Å². The fraction of sp³-hybridized carbons (Fsp3) is 1.00. The second-order valence-corrected chi connectivity index (χ2v) is 2.94. The van der Waals surface area contributed by atoms with Gasteiger partial charge in [0.1, 0.15) is 0 Å². The summed E-state index contributed by atoms with van der Waals surface area (Å²) in [6, 6.07) is 0.392. The molecule has 0 bridgehead atoms. The molecule has 2 atom stereocenters. The SMILES string of the molecule is Cl.NC[C@H]1CCCC[C@H]1N. The molecule has 1 aliphatic carbocycles. The Hall–Kier alpha value is 0.210. The van der Waals surface area contributed by atoms with Crippen LogP contribution in [0.15, 0.2) is 0 Å². The van der Waals surface area contributed by atoms with E-state index in [1.54, 1.807) is 0 Å². The summed E-state index contributed by atoms with van der Waals surface area (Å²) < 4.78 is 0. The third-order valence-electron chi connectivity index (χ3n) is 2.27. The number of hydrogen-bond acceptors (Lipinski definition) is 2. The molecule has 3 heteroatoms. The Balaban J connectivity index is 0.000000810. The van der Waals surface area contributed by atoms with Gasteiger partial charge >= 0.3 is 0 Å². The van der Waals surface area contributed by atoms with Crippen molar-refractivity contribution in [2.45, 2.75) is 31.7 Å². The van der Waals surface area contributed by atoms with E-state index in [1.165, 1.54) is 25.7 Å². The van der Waals surface area contributed by atoms with Crippen LogP contribution in [0.2, 0.25) is 0 Å². The average molecular weight is 165 g/mol. The maximum absolute atomic E-state index is 5.81. The van der Waals surface area contributed by atoms with Crippen LogP contribution in [0.5, 0.6) is 0 Å². The molecule has 0 saturated heterocycles. The van der Waals surface area contributed by atoms with E-state index in [9.17, 15) is 0 Å². The van der Waals surface area contributed by atoms with Gasteiger partial charge in [-0.15, -0.1) is 12.4 Å². The summed E-state index contributed by atoms with van der Waals surface area (Å²) >= 11 is 0. The van der Waals surface area contributed by atoms with Gasteiger partial charge in [-0.1, -0.05) is 12.8 Å². The third-order valence-corrected chi connectivity index (χ3v) is 2.27. The van der Waals surface area contributed by atoms with Crippen molar-refractivity contribution in [3.63, 3.8) is 0 Å². The lowest BCUT2D eigenvalue weighted by Gasteiger charge is -2.26. The maximum atomic E-state index is 5.81. The predicted octanol–water partition coefficient (Wildman–Crippen LogP) is 0.884. The van der Waals surface area contributed by atoms with Gasteiger partial charge in [-0.05, 0) is 25.3 Å². The quantitative estimate of drug-likeness (QED) is 0.605. The Morgan fingerprint density at radius 2 is 1.80 bits per heavy atom. The van der Waals surface area contributed by atoms with Crippen LogP contribution in [0, 0.1) is 5.92 Å². The highest BCUT2D eigenvalue weighted by molar-refractivity contribution is 5.85. The van der Waals surface area contributed by atoms with E-state index in [4.69, 9.17) is 11.5 Å². The van der Waals surface area contributed by atoms with E-state index in [1.807, 2.05) is 0 Å². The van der Waals surface area contributed by atoms with E-state index in [0.717, 1.165) is 6.54 Å². The second-order valence-electron chi connectivity index (χ2n) is 2.94. The van der Waals surface area contributed by atoms with Gasteiger partial charge in [-0.2, -0.15) is 0 Å². The van der Waals surface area contributed by atoms with Crippen molar-refractivity contribution in [1.82, 2.24) is 0 Å². The molecule has 4 N–H and O–H groups in total. The van der Waals surface area contributed by atoms with E-state index in [-0.39, 0.29) is 12.4 Å². The zero-order chi connectivity index (χ0) is 6.69. The molecule has 0 aromatic carbocycles. The van der Waals surface area contributed by atoms with Gasteiger partial charge in [0.05, 0.1) is 0 Å². The Kier molecular flexibility index (Phi) is 5.04. The van der Waals surface area contributed by atoms with Crippen LogP contribution in [0.3, 0.4) is 0 Å². The summed E-state index contributed by atoms with van der Waals surface area (Å²) in [7, 11) is 0. The smallest absolute Gasteiger partial charge is 0.00792 e. The Labute approximate surface area is 68.8 Å². The second kappa shape index (κ2) is 4.94. The molecule has 2 nitrogen and oxygen atoms in total. The fourth-order valence-electron chi connectivity index (χ4n) is 1.53. The molecule has 1 fully saturated rings. The molecule has 1 aliphatic rings. The minimum absolute atomic E-state index is 0. The monoisotopic (exact) mass is 164 g/mol. The van der Waals surface area contributed by atoms with Gasteiger partial charge in [0.25, 0.3) is 0 Å². The zero-order valence-corrected chi connectivity index (χ0v) is 7.07. The summed E-state index contributed by atoms with van der Waals surface area (Å²) in [5, 5.41) is 0. The molecule has 0 aromatic heterocycles. The summed E-state index contributed by atoms with van der Waals surface area (Å²) in [6.07, 6.45) is 5.06. The van der Waals surface area contributed by atoms with E-state index < -0.39 is 0 Å². The normalized spacial score (nSPS) is 33.0. The molecule has 1 saturated carbocycles. The molecular formula is C7H17ClN2. The molecule has 0 spiro atoms. The predicted molar refractivity (Wildman–Crippen MR) is 46.2 cm³/mol. The van der Waals surface area contributed by atoms with Gasteiger partial charge in [-0.3, -0.25) is 0 Å². The fourth-order valence-corrected chi connectivity index (χ4v) is 1.53. The van der Waals surface area contributed by atoms with Gasteiger partial charge in [0.2, 0.25) is 0 Å². The van der Waals surface area contributed by atoms with E-state index in [0.29, 0.717) is 12.0 Å². The van der Waals surface area contributed by atoms with Crippen LogP contribution in [0.1, 0.15) is 25.7 Å². The number of nitrogens with two attached hydrogens (primary N) is 2. The molecule has 0 amide bonds. The number of hydrogen-bond donors (Lipinski definition) is 2. The molecule has 0 aliphatic heterocycles. The zero-order valence-electron chi connectivity index (χ0n) is 6.25. The first-order valence-corrected chi connectivity index (χ1v) is 3.80. The Morgan fingerprint density at radius 3 is 2.20 bits per heavy atom. The minimum atomic E-state index is 0.